The molecule has 0 bridgehead atoms. The van der Waals surface area contributed by atoms with Crippen LogP contribution in [0.3, 0.4) is 0 Å². The molecule has 0 N–H and O–H groups in total. The molecule has 0 amide bonds. The van der Waals surface area contributed by atoms with Crippen molar-refractivity contribution in [1.29, 1.82) is 5.26 Å². The first-order chi connectivity index (χ1) is 8.78. The van der Waals surface area contributed by atoms with Gasteiger partial charge in [-0.15, -0.1) is 0 Å². The minimum Gasteiger partial charge on any atom is -0.466 e. The smallest absolute Gasteiger partial charge is 0.350 e. The number of hydrogen-bond donors (Lipinski definition) is 0. The highest BCUT2D eigenvalue weighted by Crippen LogP contribution is 2.02. The van der Waals surface area contributed by atoms with E-state index in [4.69, 9.17) is 14.7 Å². The summed E-state index contributed by atoms with van der Waals surface area (Å²) in [6.07, 6.45) is 0.427. The largest absolute Gasteiger partial charge is 0.466 e. The first-order valence-electron chi connectivity index (χ1n) is 5.44. The average Bonchev–Trinajstić information content (AvgIpc) is 2.36. The Hall–Kier alpha value is -2.13. The van der Waals surface area contributed by atoms with E-state index in [-0.39, 0.29) is 11.7 Å². The zero-order valence-electron chi connectivity index (χ0n) is 11.6. The van der Waals surface area contributed by atoms with E-state index < -0.39 is 18.2 Å². The number of methoxy groups -OCH3 is 1. The Morgan fingerprint density at radius 1 is 1.32 bits per heavy atom. The molecule has 1 unspecified atom stereocenters. The van der Waals surface area contributed by atoms with Crippen LogP contribution in [0.1, 0.15) is 20.8 Å². The molecule has 0 aliphatic rings. The van der Waals surface area contributed by atoms with Crippen molar-refractivity contribution in [3.8, 4) is 6.07 Å². The molecule has 0 fully saturated rings. The Bertz CT molecular complexity index is 368. The third kappa shape index (κ3) is 12.1. The highest BCUT2D eigenvalue weighted by atomic mass is 16.7. The third-order valence-corrected chi connectivity index (χ3v) is 1.49. The molecule has 19 heavy (non-hydrogen) atoms. The van der Waals surface area contributed by atoms with E-state index in [0.29, 0.717) is 0 Å². The summed E-state index contributed by atoms with van der Waals surface area (Å²) >= 11 is 0. The number of nitrogens with zero attached hydrogens (tertiary/aromatic N) is 1. The summed E-state index contributed by atoms with van der Waals surface area (Å²) in [7, 11) is 1.31. The van der Waals surface area contributed by atoms with Gasteiger partial charge in [-0.05, 0) is 20.8 Å². The van der Waals surface area contributed by atoms with Crippen LogP contribution >= 0.6 is 0 Å². The number of ether oxygens (including phenoxy) is 3. The standard InChI is InChI=1S/C9H13NO3.C4H6O2/c1-6(2)12-8(4)13-9(11)7(3)5-10;1-3-4(5)6-2/h6,8H,3H2,1-2,4H3;3H,1H2,2H3. The lowest BCUT2D eigenvalue weighted by atomic mass is 10.3. The van der Waals surface area contributed by atoms with E-state index in [0.717, 1.165) is 6.08 Å². The Balaban J connectivity index is 0. The molecule has 0 saturated heterocycles. The Morgan fingerprint density at radius 3 is 2.11 bits per heavy atom. The molecule has 106 valence electrons. The van der Waals surface area contributed by atoms with Gasteiger partial charge in [-0.3, -0.25) is 0 Å². The highest BCUT2D eigenvalue weighted by Gasteiger charge is 2.13. The lowest BCUT2D eigenvalue weighted by Gasteiger charge is -2.15. The number of nitriles is 1. The molecule has 0 aromatic rings. The molecule has 0 aliphatic carbocycles. The summed E-state index contributed by atoms with van der Waals surface area (Å²) in [5, 5.41) is 8.31. The molecular formula is C13H19NO5. The van der Waals surface area contributed by atoms with Crippen molar-refractivity contribution in [2.24, 2.45) is 0 Å². The first kappa shape index (κ1) is 19.2. The summed E-state index contributed by atoms with van der Waals surface area (Å²) in [5.41, 5.74) is -0.223. The number of carbonyl (C=O) groups excluding carboxylic acids is 2. The van der Waals surface area contributed by atoms with Gasteiger partial charge >= 0.3 is 11.9 Å². The molecule has 0 radical (unpaired) electrons. The first-order valence-corrected chi connectivity index (χ1v) is 5.44. The van der Waals surface area contributed by atoms with Crippen LogP contribution in [-0.4, -0.2) is 31.4 Å². The van der Waals surface area contributed by atoms with Crippen LogP contribution in [0.5, 0.6) is 0 Å². The van der Waals surface area contributed by atoms with Gasteiger partial charge < -0.3 is 14.2 Å². The van der Waals surface area contributed by atoms with Crippen molar-refractivity contribution >= 4 is 11.9 Å². The van der Waals surface area contributed by atoms with Gasteiger partial charge in [0, 0.05) is 6.08 Å². The zero-order chi connectivity index (χ0) is 15.4. The van der Waals surface area contributed by atoms with Crippen LogP contribution < -0.4 is 0 Å². The van der Waals surface area contributed by atoms with E-state index >= 15 is 0 Å². The topological polar surface area (TPSA) is 85.6 Å². The molecule has 0 heterocycles. The second kappa shape index (κ2) is 11.0. The third-order valence-electron chi connectivity index (χ3n) is 1.49. The van der Waals surface area contributed by atoms with Crippen molar-refractivity contribution in [2.45, 2.75) is 33.2 Å². The lowest BCUT2D eigenvalue weighted by molar-refractivity contribution is -0.176. The molecule has 0 saturated carbocycles. The van der Waals surface area contributed by atoms with Gasteiger partial charge in [-0.2, -0.15) is 5.26 Å². The fourth-order valence-corrected chi connectivity index (χ4v) is 0.762. The van der Waals surface area contributed by atoms with Crippen LogP contribution in [0.25, 0.3) is 0 Å². The van der Waals surface area contributed by atoms with Crippen LogP contribution in [-0.2, 0) is 23.8 Å². The van der Waals surface area contributed by atoms with Crippen molar-refractivity contribution in [1.82, 2.24) is 0 Å². The molecule has 0 aromatic heterocycles. The van der Waals surface area contributed by atoms with Crippen LogP contribution in [0.15, 0.2) is 24.8 Å². The van der Waals surface area contributed by atoms with Gasteiger partial charge in [-0.25, -0.2) is 9.59 Å². The van der Waals surface area contributed by atoms with Crippen LogP contribution in [0.2, 0.25) is 0 Å². The maximum absolute atomic E-state index is 10.9. The second-order valence-corrected chi connectivity index (χ2v) is 3.48. The van der Waals surface area contributed by atoms with E-state index in [2.05, 4.69) is 17.9 Å². The summed E-state index contributed by atoms with van der Waals surface area (Å²) < 4.78 is 14.0. The molecule has 0 aromatic carbocycles. The lowest BCUT2D eigenvalue weighted by Crippen LogP contribution is -2.21. The molecule has 0 rings (SSSR count). The van der Waals surface area contributed by atoms with Gasteiger partial charge in [0.15, 0.2) is 0 Å². The average molecular weight is 269 g/mol. The Kier molecular flexibility index (Phi) is 11.1. The predicted octanol–water partition coefficient (Wildman–Crippen LogP) is 1.73. The maximum Gasteiger partial charge on any atom is 0.350 e. The van der Waals surface area contributed by atoms with Crippen LogP contribution in [0.4, 0.5) is 0 Å². The number of rotatable bonds is 5. The van der Waals surface area contributed by atoms with Gasteiger partial charge in [0.25, 0.3) is 0 Å². The number of esters is 2. The van der Waals surface area contributed by atoms with Crippen molar-refractivity contribution < 1.29 is 23.8 Å². The van der Waals surface area contributed by atoms with Gasteiger partial charge in [0.05, 0.1) is 13.2 Å². The van der Waals surface area contributed by atoms with Gasteiger partial charge in [0.1, 0.15) is 11.6 Å². The van der Waals surface area contributed by atoms with E-state index in [9.17, 15) is 9.59 Å². The summed E-state index contributed by atoms with van der Waals surface area (Å²) in [6.45, 7) is 11.6. The second-order valence-electron chi connectivity index (χ2n) is 3.48. The molecule has 1 atom stereocenters. The monoisotopic (exact) mass is 269 g/mol. The molecule has 0 spiro atoms. The predicted molar refractivity (Wildman–Crippen MR) is 68.7 cm³/mol. The maximum atomic E-state index is 10.9. The highest BCUT2D eigenvalue weighted by molar-refractivity contribution is 5.91. The molecule has 6 nitrogen and oxygen atoms in total. The van der Waals surface area contributed by atoms with Crippen molar-refractivity contribution in [3.63, 3.8) is 0 Å². The Labute approximate surface area is 113 Å². The van der Waals surface area contributed by atoms with Gasteiger partial charge in [-0.1, -0.05) is 13.2 Å². The fraction of sp³-hybridized carbons (Fsp3) is 0.462. The molecule has 0 aliphatic heterocycles. The summed E-state index contributed by atoms with van der Waals surface area (Å²) in [6, 6.07) is 1.60. The summed E-state index contributed by atoms with van der Waals surface area (Å²) in [4.78, 5) is 20.8. The SMILES string of the molecule is C=C(C#N)C(=O)OC(C)OC(C)C.C=CC(=O)OC. The zero-order valence-corrected chi connectivity index (χ0v) is 11.6. The number of hydrogen-bond acceptors (Lipinski definition) is 6. The fourth-order valence-electron chi connectivity index (χ4n) is 0.762. The van der Waals surface area contributed by atoms with E-state index in [1.807, 2.05) is 13.8 Å². The minimum atomic E-state index is -0.740. The molecular weight excluding hydrogens is 250 g/mol. The van der Waals surface area contributed by atoms with Crippen molar-refractivity contribution in [3.05, 3.63) is 24.8 Å². The van der Waals surface area contributed by atoms with E-state index in [1.54, 1.807) is 13.0 Å². The van der Waals surface area contributed by atoms with Gasteiger partial charge in [0.2, 0.25) is 6.29 Å². The quantitative estimate of drug-likeness (QED) is 0.327. The molecule has 6 heteroatoms. The minimum absolute atomic E-state index is 0.0295. The van der Waals surface area contributed by atoms with Crippen molar-refractivity contribution in [2.75, 3.05) is 7.11 Å². The van der Waals surface area contributed by atoms with Crippen LogP contribution in [0, 0.1) is 11.3 Å². The number of carbonyl (C=O) groups is 2. The van der Waals surface area contributed by atoms with E-state index in [1.165, 1.54) is 7.11 Å². The Morgan fingerprint density at radius 2 is 1.84 bits per heavy atom. The summed E-state index contributed by atoms with van der Waals surface area (Å²) in [5.74, 6) is -1.13. The normalized spacial score (nSPS) is 10.3.